The predicted octanol–water partition coefficient (Wildman–Crippen LogP) is 3.25. The molecule has 0 radical (unpaired) electrons. The van der Waals surface area contributed by atoms with Crippen molar-refractivity contribution in [3.8, 4) is 0 Å². The molecule has 0 aromatic heterocycles. The van der Waals surface area contributed by atoms with Gasteiger partial charge in [0, 0.05) is 0 Å². The topological polar surface area (TPSA) is 9.23 Å². The molecule has 3 aromatic carbocycles. The third kappa shape index (κ3) is 3.25. The Hall–Kier alpha value is -2.42. The maximum atomic E-state index is 6.69. The smallest absolute Gasteiger partial charge is 0.288 e. The largest absolute Gasteiger partial charge is 0.400 e. The van der Waals surface area contributed by atoms with E-state index in [0.717, 1.165) is 5.57 Å². The van der Waals surface area contributed by atoms with Crippen molar-refractivity contribution in [2.75, 3.05) is 6.61 Å². The minimum atomic E-state index is -2.55. The van der Waals surface area contributed by atoms with Crippen molar-refractivity contribution in [2.24, 2.45) is 0 Å². The van der Waals surface area contributed by atoms with Crippen molar-refractivity contribution in [3.05, 3.63) is 103 Å². The molecule has 0 saturated heterocycles. The predicted molar refractivity (Wildman–Crippen MR) is 105 cm³/mol. The third-order valence-corrected chi connectivity index (χ3v) is 8.09. The van der Waals surface area contributed by atoms with Gasteiger partial charge < -0.3 is 4.43 Å². The average Bonchev–Trinajstić information content (AvgIpc) is 2.65. The van der Waals surface area contributed by atoms with E-state index < -0.39 is 8.32 Å². The van der Waals surface area contributed by atoms with E-state index in [1.165, 1.54) is 15.6 Å². The molecule has 0 unspecified atom stereocenters. The SMILES string of the molecule is C=C(C)CO[Si](c1ccccc1)(c1ccccc1)c1ccccc1. The maximum absolute atomic E-state index is 6.69. The minimum Gasteiger partial charge on any atom is -0.400 e. The Labute approximate surface area is 145 Å². The second-order valence-electron chi connectivity index (χ2n) is 6.03. The Morgan fingerprint density at radius 1 is 0.708 bits per heavy atom. The van der Waals surface area contributed by atoms with Gasteiger partial charge in [0.05, 0.1) is 6.61 Å². The highest BCUT2D eigenvalue weighted by molar-refractivity contribution is 7.07. The summed E-state index contributed by atoms with van der Waals surface area (Å²) >= 11 is 0. The number of hydrogen-bond donors (Lipinski definition) is 0. The van der Waals surface area contributed by atoms with Gasteiger partial charge in [-0.1, -0.05) is 103 Å². The molecular formula is C22H22OSi. The lowest BCUT2D eigenvalue weighted by Crippen LogP contribution is -2.69. The van der Waals surface area contributed by atoms with Crippen LogP contribution in [0.4, 0.5) is 0 Å². The zero-order valence-corrected chi connectivity index (χ0v) is 15.0. The van der Waals surface area contributed by atoms with Gasteiger partial charge in [-0.25, -0.2) is 0 Å². The summed E-state index contributed by atoms with van der Waals surface area (Å²) in [7, 11) is -2.55. The van der Waals surface area contributed by atoms with E-state index in [1.54, 1.807) is 0 Å². The Bertz CT molecular complexity index is 685. The van der Waals surface area contributed by atoms with Gasteiger partial charge in [0.25, 0.3) is 8.32 Å². The summed E-state index contributed by atoms with van der Waals surface area (Å²) < 4.78 is 6.69. The van der Waals surface area contributed by atoms with Crippen LogP contribution >= 0.6 is 0 Å². The van der Waals surface area contributed by atoms with Gasteiger partial charge in [0.2, 0.25) is 0 Å². The molecule has 0 N–H and O–H groups in total. The fourth-order valence-corrected chi connectivity index (χ4v) is 6.95. The van der Waals surface area contributed by atoms with E-state index >= 15 is 0 Å². The molecule has 0 fully saturated rings. The van der Waals surface area contributed by atoms with Gasteiger partial charge in [-0.3, -0.25) is 0 Å². The molecule has 0 spiro atoms. The van der Waals surface area contributed by atoms with Crippen LogP contribution in [0.3, 0.4) is 0 Å². The molecule has 3 rings (SSSR count). The summed E-state index contributed by atoms with van der Waals surface area (Å²) in [5, 5.41) is 3.76. The van der Waals surface area contributed by atoms with Crippen LogP contribution in [0.5, 0.6) is 0 Å². The molecule has 0 bridgehead atoms. The fourth-order valence-electron chi connectivity index (χ4n) is 3.00. The molecule has 120 valence electrons. The van der Waals surface area contributed by atoms with Gasteiger partial charge in [-0.2, -0.15) is 0 Å². The van der Waals surface area contributed by atoms with E-state index in [4.69, 9.17) is 4.43 Å². The lowest BCUT2D eigenvalue weighted by molar-refractivity contribution is 0.360. The van der Waals surface area contributed by atoms with Crippen LogP contribution in [0.1, 0.15) is 6.92 Å². The standard InChI is InChI=1S/C22H22OSi/c1-19(2)18-23-24(20-12-6-3-7-13-20,21-14-8-4-9-15-21)22-16-10-5-11-17-22/h3-17H,1,18H2,2H3. The van der Waals surface area contributed by atoms with E-state index in [-0.39, 0.29) is 0 Å². The normalized spacial score (nSPS) is 11.2. The summed E-state index contributed by atoms with van der Waals surface area (Å²) in [6.45, 7) is 6.61. The van der Waals surface area contributed by atoms with Gasteiger partial charge in [0.1, 0.15) is 0 Å². The van der Waals surface area contributed by atoms with Crippen molar-refractivity contribution in [3.63, 3.8) is 0 Å². The number of hydrogen-bond acceptors (Lipinski definition) is 1. The van der Waals surface area contributed by atoms with Gasteiger partial charge >= 0.3 is 0 Å². The van der Waals surface area contributed by atoms with Crippen molar-refractivity contribution in [1.29, 1.82) is 0 Å². The molecule has 0 amide bonds. The zero-order valence-electron chi connectivity index (χ0n) is 14.0. The first-order valence-corrected chi connectivity index (χ1v) is 10.1. The number of rotatable bonds is 6. The Kier molecular flexibility index (Phi) is 5.09. The molecule has 0 heterocycles. The average molecular weight is 331 g/mol. The van der Waals surface area contributed by atoms with E-state index in [1.807, 2.05) is 6.92 Å². The third-order valence-electron chi connectivity index (χ3n) is 4.08. The number of benzene rings is 3. The van der Waals surface area contributed by atoms with E-state index in [9.17, 15) is 0 Å². The summed E-state index contributed by atoms with van der Waals surface area (Å²) in [6.07, 6.45) is 0. The Morgan fingerprint density at radius 3 is 1.33 bits per heavy atom. The quantitative estimate of drug-likeness (QED) is 0.383. The highest BCUT2D eigenvalue weighted by Crippen LogP contribution is 2.11. The second kappa shape index (κ2) is 7.43. The van der Waals surface area contributed by atoms with Crippen LogP contribution in [-0.4, -0.2) is 14.9 Å². The fraction of sp³-hybridized carbons (Fsp3) is 0.0909. The van der Waals surface area contributed by atoms with Gasteiger partial charge in [0.15, 0.2) is 0 Å². The van der Waals surface area contributed by atoms with Crippen LogP contribution in [0.2, 0.25) is 0 Å². The molecule has 3 aromatic rings. The molecule has 2 heteroatoms. The molecule has 24 heavy (non-hydrogen) atoms. The molecule has 1 nitrogen and oxygen atoms in total. The van der Waals surface area contributed by atoms with Crippen LogP contribution in [0, 0.1) is 0 Å². The minimum absolute atomic E-state index is 0.560. The maximum Gasteiger partial charge on any atom is 0.288 e. The second-order valence-corrected chi connectivity index (χ2v) is 9.41. The van der Waals surface area contributed by atoms with Crippen molar-refractivity contribution in [1.82, 2.24) is 0 Å². The zero-order chi connectivity index (χ0) is 16.8. The first-order valence-electron chi connectivity index (χ1n) is 8.18. The Balaban J connectivity index is 2.26. The Morgan fingerprint density at radius 2 is 1.04 bits per heavy atom. The molecule has 0 aliphatic rings. The van der Waals surface area contributed by atoms with Crippen LogP contribution < -0.4 is 15.6 Å². The molecule has 0 saturated carbocycles. The van der Waals surface area contributed by atoms with Crippen molar-refractivity contribution in [2.45, 2.75) is 6.92 Å². The molecule has 0 aliphatic carbocycles. The van der Waals surface area contributed by atoms with Crippen molar-refractivity contribution < 1.29 is 4.43 Å². The van der Waals surface area contributed by atoms with Crippen LogP contribution in [0.15, 0.2) is 103 Å². The first-order chi connectivity index (χ1) is 11.7. The lowest BCUT2D eigenvalue weighted by atomic mass is 10.3. The summed E-state index contributed by atoms with van der Waals surface area (Å²) in [6, 6.07) is 31.8. The molecular weight excluding hydrogens is 308 g/mol. The lowest BCUT2D eigenvalue weighted by Gasteiger charge is -2.33. The van der Waals surface area contributed by atoms with Crippen LogP contribution in [0.25, 0.3) is 0 Å². The monoisotopic (exact) mass is 330 g/mol. The van der Waals surface area contributed by atoms with E-state index in [2.05, 4.69) is 97.6 Å². The van der Waals surface area contributed by atoms with E-state index in [0.29, 0.717) is 6.61 Å². The summed E-state index contributed by atoms with van der Waals surface area (Å²) in [5.41, 5.74) is 1.04. The first kappa shape index (κ1) is 16.4. The van der Waals surface area contributed by atoms with Gasteiger partial charge in [-0.05, 0) is 22.5 Å². The van der Waals surface area contributed by atoms with Crippen LogP contribution in [-0.2, 0) is 4.43 Å². The highest BCUT2D eigenvalue weighted by atomic mass is 28.4. The molecule has 0 aliphatic heterocycles. The summed E-state index contributed by atoms with van der Waals surface area (Å²) in [4.78, 5) is 0. The molecule has 0 atom stereocenters. The summed E-state index contributed by atoms with van der Waals surface area (Å²) in [5.74, 6) is 0. The van der Waals surface area contributed by atoms with Gasteiger partial charge in [-0.15, -0.1) is 0 Å². The van der Waals surface area contributed by atoms with Crippen molar-refractivity contribution >= 4 is 23.9 Å². The highest BCUT2D eigenvalue weighted by Gasteiger charge is 2.41.